The van der Waals surface area contributed by atoms with Gasteiger partial charge in [0.15, 0.2) is 14.6 Å². The monoisotopic (exact) mass is 492 g/mol. The second-order valence-corrected chi connectivity index (χ2v) is 10.2. The van der Waals surface area contributed by atoms with Crippen LogP contribution >= 0.6 is 0 Å². The molecular weight excluding hydrogens is 464 g/mol. The Hall–Kier alpha value is -3.15. The van der Waals surface area contributed by atoms with E-state index >= 15 is 0 Å². The highest BCUT2D eigenvalue weighted by atomic mass is 32.2. The van der Waals surface area contributed by atoms with Crippen LogP contribution in [0.25, 0.3) is 0 Å². The fraction of sp³-hybridized carbons (Fsp3) is 0.391. The highest BCUT2D eigenvalue weighted by Crippen LogP contribution is 2.35. The maximum Gasteiger partial charge on any atom is 0.265 e. The molecule has 2 aromatic rings. The van der Waals surface area contributed by atoms with E-state index < -0.39 is 20.5 Å². The maximum atomic E-state index is 13.2. The van der Waals surface area contributed by atoms with Crippen molar-refractivity contribution in [3.8, 4) is 11.5 Å². The van der Waals surface area contributed by atoms with Crippen molar-refractivity contribution in [1.82, 2.24) is 10.4 Å². The molecule has 1 heterocycles. The van der Waals surface area contributed by atoms with Crippen molar-refractivity contribution >= 4 is 21.7 Å². The van der Waals surface area contributed by atoms with E-state index in [-0.39, 0.29) is 50.1 Å². The molecule has 1 aliphatic heterocycles. The molecule has 3 rings (SSSR count). The predicted molar refractivity (Wildman–Crippen MR) is 122 cm³/mol. The van der Waals surface area contributed by atoms with Crippen LogP contribution in [0, 0.1) is 0 Å². The highest BCUT2D eigenvalue weighted by molar-refractivity contribution is 7.93. The van der Waals surface area contributed by atoms with Crippen LogP contribution in [0.5, 0.6) is 11.5 Å². The van der Waals surface area contributed by atoms with Gasteiger partial charge in [0, 0.05) is 32.9 Å². The normalized spacial score (nSPS) is 15.3. The van der Waals surface area contributed by atoms with Gasteiger partial charge >= 0.3 is 0 Å². The number of hydrogen-bond acceptors (Lipinski definition) is 8. The minimum atomic E-state index is -4.09. The van der Waals surface area contributed by atoms with Crippen molar-refractivity contribution in [2.45, 2.75) is 22.5 Å². The number of nitrogens with zero attached hydrogens (tertiary/aromatic N) is 1. The largest absolute Gasteiger partial charge is 0.490 e. The molecule has 0 radical (unpaired) electrons. The van der Waals surface area contributed by atoms with Gasteiger partial charge in [0.05, 0.1) is 4.90 Å². The van der Waals surface area contributed by atoms with E-state index in [1.54, 1.807) is 38.4 Å². The minimum absolute atomic E-state index is 0.0519. The number of amides is 2. The summed E-state index contributed by atoms with van der Waals surface area (Å²) in [5, 5.41) is 9.12. The number of ether oxygens (including phenoxy) is 3. The number of rotatable bonds is 9. The van der Waals surface area contributed by atoms with E-state index in [4.69, 9.17) is 19.4 Å². The first-order chi connectivity index (χ1) is 16.2. The summed E-state index contributed by atoms with van der Waals surface area (Å²) < 4.78 is 41.1. The van der Waals surface area contributed by atoms with Gasteiger partial charge in [-0.3, -0.25) is 14.8 Å². The number of nitrogens with one attached hydrogen (secondary N) is 1. The fourth-order valence-corrected chi connectivity index (χ4v) is 5.60. The van der Waals surface area contributed by atoms with Gasteiger partial charge in [0.25, 0.3) is 11.8 Å². The lowest BCUT2D eigenvalue weighted by atomic mass is 9.98. The van der Waals surface area contributed by atoms with Gasteiger partial charge in [-0.05, 0) is 55.3 Å². The molecule has 0 atom stereocenters. The number of benzene rings is 2. The topological polar surface area (TPSA) is 131 Å². The molecule has 2 aromatic carbocycles. The van der Waals surface area contributed by atoms with Crippen LogP contribution in [-0.2, 0) is 19.4 Å². The van der Waals surface area contributed by atoms with E-state index in [1.165, 1.54) is 34.6 Å². The van der Waals surface area contributed by atoms with E-state index in [1.807, 2.05) is 0 Å². The lowest BCUT2D eigenvalue weighted by Crippen LogP contribution is -2.54. The summed E-state index contributed by atoms with van der Waals surface area (Å²) in [6, 6.07) is 12.5. The molecule has 1 aliphatic rings. The Morgan fingerprint density at radius 2 is 1.65 bits per heavy atom. The first-order valence-electron chi connectivity index (χ1n) is 10.7. The van der Waals surface area contributed by atoms with Crippen molar-refractivity contribution in [2.24, 2.45) is 0 Å². The predicted octanol–water partition coefficient (Wildman–Crippen LogP) is 1.67. The quantitative estimate of drug-likeness (QED) is 0.307. The van der Waals surface area contributed by atoms with Gasteiger partial charge in [-0.25, -0.2) is 13.9 Å². The molecule has 0 aliphatic carbocycles. The Labute approximate surface area is 198 Å². The molecule has 10 nitrogen and oxygen atoms in total. The molecule has 34 heavy (non-hydrogen) atoms. The van der Waals surface area contributed by atoms with Gasteiger partial charge < -0.3 is 19.1 Å². The highest BCUT2D eigenvalue weighted by Gasteiger charge is 2.52. The molecule has 0 bridgehead atoms. The van der Waals surface area contributed by atoms with Crippen LogP contribution in [0.1, 0.15) is 23.2 Å². The molecule has 184 valence electrons. The molecule has 2 N–H and O–H groups in total. The molecule has 1 saturated heterocycles. The van der Waals surface area contributed by atoms with Crippen molar-refractivity contribution in [1.29, 1.82) is 0 Å². The van der Waals surface area contributed by atoms with Crippen molar-refractivity contribution in [3.05, 3.63) is 54.1 Å². The molecule has 0 saturated carbocycles. The Kier molecular flexibility index (Phi) is 8.13. The lowest BCUT2D eigenvalue weighted by molar-refractivity contribution is -0.134. The fourth-order valence-electron chi connectivity index (χ4n) is 3.66. The Bertz CT molecular complexity index is 1110. The SMILES string of the molecule is CN(C)C(=O)c1cccc(OCCOc2ccc(S(=O)(=O)C3(C(=O)NO)CCOCC3)cc2)c1. The van der Waals surface area contributed by atoms with Crippen LogP contribution in [0.4, 0.5) is 0 Å². The van der Waals surface area contributed by atoms with Gasteiger partial charge in [0.1, 0.15) is 24.7 Å². The first-order valence-corrected chi connectivity index (χ1v) is 12.1. The summed E-state index contributed by atoms with van der Waals surface area (Å²) in [6.45, 7) is 0.589. The molecular formula is C23H28N2O8S. The van der Waals surface area contributed by atoms with E-state index in [9.17, 15) is 18.0 Å². The number of hydrogen-bond donors (Lipinski definition) is 2. The zero-order valence-electron chi connectivity index (χ0n) is 19.0. The van der Waals surface area contributed by atoms with Crippen molar-refractivity contribution < 1.29 is 37.4 Å². The zero-order valence-corrected chi connectivity index (χ0v) is 19.8. The first kappa shape index (κ1) is 25.5. The average molecular weight is 493 g/mol. The summed E-state index contributed by atoms with van der Waals surface area (Å²) in [7, 11) is -0.750. The summed E-state index contributed by atoms with van der Waals surface area (Å²) in [6.07, 6.45) is -0.114. The van der Waals surface area contributed by atoms with E-state index in [0.29, 0.717) is 17.1 Å². The number of carbonyl (C=O) groups is 2. The molecule has 0 unspecified atom stereocenters. The minimum Gasteiger partial charge on any atom is -0.490 e. The molecule has 0 aromatic heterocycles. The van der Waals surface area contributed by atoms with Crippen LogP contribution < -0.4 is 15.0 Å². The van der Waals surface area contributed by atoms with Crippen LogP contribution in [0.3, 0.4) is 0 Å². The van der Waals surface area contributed by atoms with E-state index in [0.717, 1.165) is 0 Å². The summed E-state index contributed by atoms with van der Waals surface area (Å²) in [5.41, 5.74) is 2.00. The standard InChI is InChI=1S/C23H28N2O8S/c1-25(2)21(26)17-4-3-5-19(16-17)33-15-14-32-18-6-8-20(9-7-18)34(29,30)23(22(27)24-28)10-12-31-13-11-23/h3-9,16,28H,10-15H2,1-2H3,(H,24,27). The van der Waals surface area contributed by atoms with Gasteiger partial charge in [-0.1, -0.05) is 6.07 Å². The summed E-state index contributed by atoms with van der Waals surface area (Å²) in [4.78, 5) is 25.8. The maximum absolute atomic E-state index is 13.2. The zero-order chi connectivity index (χ0) is 24.8. The molecule has 1 fully saturated rings. The Morgan fingerprint density at radius 3 is 2.24 bits per heavy atom. The van der Waals surface area contributed by atoms with Crippen LogP contribution in [-0.4, -0.2) is 75.6 Å². The lowest BCUT2D eigenvalue weighted by Gasteiger charge is -2.34. The number of hydroxylamine groups is 1. The Balaban J connectivity index is 1.60. The second-order valence-electron chi connectivity index (χ2n) is 7.95. The molecule has 2 amide bonds. The number of carbonyl (C=O) groups excluding carboxylic acids is 2. The average Bonchev–Trinajstić information content (AvgIpc) is 2.86. The van der Waals surface area contributed by atoms with Crippen LogP contribution in [0.15, 0.2) is 53.4 Å². The number of sulfone groups is 1. The summed E-state index contributed by atoms with van der Waals surface area (Å²) in [5.74, 6) is -0.145. The molecule has 11 heteroatoms. The van der Waals surface area contributed by atoms with E-state index in [2.05, 4.69) is 0 Å². The second kappa shape index (κ2) is 10.9. The third kappa shape index (κ3) is 5.32. The van der Waals surface area contributed by atoms with Gasteiger partial charge in [-0.15, -0.1) is 0 Å². The van der Waals surface area contributed by atoms with Crippen molar-refractivity contribution in [2.75, 3.05) is 40.5 Å². The molecule has 0 spiro atoms. The van der Waals surface area contributed by atoms with Gasteiger partial charge in [0.2, 0.25) is 0 Å². The Morgan fingerprint density at radius 1 is 1.03 bits per heavy atom. The third-order valence-corrected chi connectivity index (χ3v) is 8.09. The van der Waals surface area contributed by atoms with Crippen LogP contribution in [0.2, 0.25) is 0 Å². The summed E-state index contributed by atoms with van der Waals surface area (Å²) >= 11 is 0. The van der Waals surface area contributed by atoms with Gasteiger partial charge in [-0.2, -0.15) is 0 Å². The third-order valence-electron chi connectivity index (χ3n) is 5.57. The van der Waals surface area contributed by atoms with Crippen molar-refractivity contribution in [3.63, 3.8) is 0 Å². The smallest absolute Gasteiger partial charge is 0.265 e.